The highest BCUT2D eigenvalue weighted by atomic mass is 35.7. The molecule has 0 radical (unpaired) electrons. The van der Waals surface area contributed by atoms with Crippen LogP contribution in [0.3, 0.4) is 0 Å². The second kappa shape index (κ2) is 5.94. The van der Waals surface area contributed by atoms with E-state index in [1.54, 1.807) is 14.0 Å². The molecule has 0 atom stereocenters. The number of carbonyl (C=O) groups is 1. The number of halogens is 1. The van der Waals surface area contributed by atoms with Gasteiger partial charge in [0, 0.05) is 29.9 Å². The van der Waals surface area contributed by atoms with Gasteiger partial charge in [0.25, 0.3) is 15.0 Å². The van der Waals surface area contributed by atoms with Gasteiger partial charge in [-0.15, -0.1) is 0 Å². The van der Waals surface area contributed by atoms with Crippen molar-refractivity contribution < 1.29 is 17.9 Å². The Hall–Kier alpha value is -1.11. The van der Waals surface area contributed by atoms with E-state index in [4.69, 9.17) is 15.4 Å². The van der Waals surface area contributed by atoms with Gasteiger partial charge < -0.3 is 10.1 Å². The summed E-state index contributed by atoms with van der Waals surface area (Å²) in [5, 5.41) is 2.85. The number of rotatable bonds is 5. The third-order valence-corrected chi connectivity index (χ3v) is 5.34. The molecule has 21 heavy (non-hydrogen) atoms. The fourth-order valence-electron chi connectivity index (χ4n) is 2.40. The first-order valence-electron chi connectivity index (χ1n) is 6.66. The van der Waals surface area contributed by atoms with Crippen LogP contribution in [0.1, 0.15) is 35.2 Å². The van der Waals surface area contributed by atoms with Crippen molar-refractivity contribution in [1.29, 1.82) is 0 Å². The molecule has 0 bridgehead atoms. The molecule has 1 aliphatic rings. The zero-order valence-corrected chi connectivity index (χ0v) is 13.6. The Morgan fingerprint density at radius 3 is 2.52 bits per heavy atom. The van der Waals surface area contributed by atoms with Crippen molar-refractivity contribution in [3.8, 4) is 0 Å². The second-order valence-electron chi connectivity index (χ2n) is 5.34. The van der Waals surface area contributed by atoms with E-state index in [0.717, 1.165) is 19.3 Å². The Balaban J connectivity index is 2.09. The first-order valence-corrected chi connectivity index (χ1v) is 8.97. The predicted molar refractivity (Wildman–Crippen MR) is 80.1 cm³/mol. The zero-order chi connectivity index (χ0) is 15.7. The number of aryl methyl sites for hydroxylation is 1. The van der Waals surface area contributed by atoms with Crippen LogP contribution in [-0.4, -0.2) is 33.6 Å². The molecule has 1 aromatic rings. The molecule has 1 aliphatic carbocycles. The molecule has 116 valence electrons. The molecule has 0 aromatic heterocycles. The number of benzene rings is 1. The Bertz CT molecular complexity index is 647. The third-order valence-electron chi connectivity index (χ3n) is 3.99. The van der Waals surface area contributed by atoms with Gasteiger partial charge in [0.1, 0.15) is 0 Å². The Morgan fingerprint density at radius 2 is 2.10 bits per heavy atom. The highest BCUT2D eigenvalue weighted by Gasteiger charge is 2.37. The van der Waals surface area contributed by atoms with Crippen LogP contribution in [0.4, 0.5) is 0 Å². The first-order chi connectivity index (χ1) is 9.77. The summed E-state index contributed by atoms with van der Waals surface area (Å²) >= 11 is 0. The number of nitrogens with one attached hydrogen (secondary N) is 1. The predicted octanol–water partition coefficient (Wildman–Crippen LogP) is 2.22. The summed E-state index contributed by atoms with van der Waals surface area (Å²) < 4.78 is 28.0. The van der Waals surface area contributed by atoms with Crippen LogP contribution in [0, 0.1) is 6.92 Å². The van der Waals surface area contributed by atoms with E-state index < -0.39 is 9.05 Å². The summed E-state index contributed by atoms with van der Waals surface area (Å²) in [5.41, 5.74) is 0.752. The molecule has 1 saturated carbocycles. The van der Waals surface area contributed by atoms with Crippen LogP contribution in [-0.2, 0) is 13.8 Å². The summed E-state index contributed by atoms with van der Waals surface area (Å²) in [5.74, 6) is -0.241. The average Bonchev–Trinajstić information content (AvgIpc) is 2.36. The zero-order valence-electron chi connectivity index (χ0n) is 12.0. The van der Waals surface area contributed by atoms with Gasteiger partial charge in [-0.3, -0.25) is 4.79 Å². The molecule has 1 aromatic carbocycles. The lowest BCUT2D eigenvalue weighted by atomic mass is 9.80. The Morgan fingerprint density at radius 1 is 1.43 bits per heavy atom. The number of hydrogen-bond acceptors (Lipinski definition) is 4. The van der Waals surface area contributed by atoms with E-state index in [1.807, 2.05) is 0 Å². The summed E-state index contributed by atoms with van der Waals surface area (Å²) in [6, 6.07) is 4.20. The average molecular weight is 332 g/mol. The molecule has 1 fully saturated rings. The van der Waals surface area contributed by atoms with Crippen molar-refractivity contribution in [2.24, 2.45) is 0 Å². The molecular formula is C14H18ClNO4S. The van der Waals surface area contributed by atoms with Crippen LogP contribution in [0.15, 0.2) is 23.1 Å². The molecule has 5 nitrogen and oxygen atoms in total. The highest BCUT2D eigenvalue weighted by molar-refractivity contribution is 8.13. The first kappa shape index (κ1) is 16.3. The third kappa shape index (κ3) is 3.56. The van der Waals surface area contributed by atoms with E-state index in [2.05, 4.69) is 5.32 Å². The maximum absolute atomic E-state index is 12.2. The van der Waals surface area contributed by atoms with Gasteiger partial charge in [-0.2, -0.15) is 0 Å². The number of ether oxygens (including phenoxy) is 1. The fraction of sp³-hybridized carbons (Fsp3) is 0.500. The molecular weight excluding hydrogens is 314 g/mol. The molecule has 0 aliphatic heterocycles. The molecule has 1 N–H and O–H groups in total. The molecule has 0 saturated heterocycles. The van der Waals surface area contributed by atoms with E-state index in [9.17, 15) is 13.2 Å². The number of methoxy groups -OCH3 is 1. The molecule has 0 spiro atoms. The van der Waals surface area contributed by atoms with Crippen molar-refractivity contribution in [2.45, 2.75) is 36.7 Å². The van der Waals surface area contributed by atoms with Crippen LogP contribution in [0.25, 0.3) is 0 Å². The van der Waals surface area contributed by atoms with Gasteiger partial charge >= 0.3 is 0 Å². The normalized spacial score (nSPS) is 17.1. The van der Waals surface area contributed by atoms with Crippen LogP contribution in [0.2, 0.25) is 0 Å². The second-order valence-corrected chi connectivity index (χ2v) is 7.90. The Labute approximate surface area is 129 Å². The van der Waals surface area contributed by atoms with E-state index in [0.29, 0.717) is 17.7 Å². The minimum atomic E-state index is -3.78. The lowest BCUT2D eigenvalue weighted by Gasteiger charge is -2.40. The van der Waals surface area contributed by atoms with E-state index in [-0.39, 0.29) is 16.4 Å². The van der Waals surface area contributed by atoms with Crippen molar-refractivity contribution in [3.63, 3.8) is 0 Å². The number of carbonyl (C=O) groups excluding carboxylic acids is 1. The van der Waals surface area contributed by atoms with E-state index in [1.165, 1.54) is 18.2 Å². The lowest BCUT2D eigenvalue weighted by Crippen LogP contribution is -2.49. The molecule has 0 unspecified atom stereocenters. The topological polar surface area (TPSA) is 72.5 Å². The summed E-state index contributed by atoms with van der Waals surface area (Å²) in [6.45, 7) is 2.13. The quantitative estimate of drug-likeness (QED) is 0.840. The van der Waals surface area contributed by atoms with Crippen molar-refractivity contribution in [2.75, 3.05) is 13.7 Å². The summed E-state index contributed by atoms with van der Waals surface area (Å²) in [4.78, 5) is 12.2. The standard InChI is InChI=1S/C14H18ClNO4S/c1-10-8-11(21(15,18)19)4-5-12(10)13(17)16-9-14(20-2)6-3-7-14/h4-5,8H,3,6-7,9H2,1-2H3,(H,16,17). The van der Waals surface area contributed by atoms with Gasteiger partial charge in [-0.1, -0.05) is 0 Å². The van der Waals surface area contributed by atoms with Gasteiger partial charge in [-0.05, 0) is 49.9 Å². The summed E-state index contributed by atoms with van der Waals surface area (Å²) in [6.07, 6.45) is 2.98. The van der Waals surface area contributed by atoms with Crippen LogP contribution < -0.4 is 5.32 Å². The highest BCUT2D eigenvalue weighted by Crippen LogP contribution is 2.34. The maximum Gasteiger partial charge on any atom is 0.261 e. The molecule has 2 rings (SSSR count). The molecule has 0 heterocycles. The van der Waals surface area contributed by atoms with Crippen molar-refractivity contribution in [3.05, 3.63) is 29.3 Å². The number of hydrogen-bond donors (Lipinski definition) is 1. The molecule has 1 amide bonds. The van der Waals surface area contributed by atoms with Crippen molar-refractivity contribution in [1.82, 2.24) is 5.32 Å². The van der Waals surface area contributed by atoms with Gasteiger partial charge in [0.05, 0.1) is 10.5 Å². The van der Waals surface area contributed by atoms with Gasteiger partial charge in [0.2, 0.25) is 0 Å². The Kier molecular flexibility index (Phi) is 4.60. The van der Waals surface area contributed by atoms with Crippen LogP contribution >= 0.6 is 10.7 Å². The fourth-order valence-corrected chi connectivity index (χ4v) is 3.24. The maximum atomic E-state index is 12.2. The molecule has 7 heteroatoms. The summed E-state index contributed by atoms with van der Waals surface area (Å²) in [7, 11) is 3.15. The van der Waals surface area contributed by atoms with Gasteiger partial charge in [0.15, 0.2) is 0 Å². The monoisotopic (exact) mass is 331 g/mol. The lowest BCUT2D eigenvalue weighted by molar-refractivity contribution is -0.0679. The van der Waals surface area contributed by atoms with Crippen LogP contribution in [0.5, 0.6) is 0 Å². The minimum Gasteiger partial charge on any atom is -0.376 e. The largest absolute Gasteiger partial charge is 0.376 e. The SMILES string of the molecule is COC1(CNC(=O)c2ccc(S(=O)(=O)Cl)cc2C)CCC1. The minimum absolute atomic E-state index is 0.00873. The van der Waals surface area contributed by atoms with Gasteiger partial charge in [-0.25, -0.2) is 8.42 Å². The smallest absolute Gasteiger partial charge is 0.261 e. The van der Waals surface area contributed by atoms with E-state index >= 15 is 0 Å². The number of amides is 1. The van der Waals surface area contributed by atoms with Crippen molar-refractivity contribution >= 4 is 25.6 Å².